The summed E-state index contributed by atoms with van der Waals surface area (Å²) >= 11 is 0. The van der Waals surface area contributed by atoms with Crippen LogP contribution in [0.1, 0.15) is 50.1 Å². The molecule has 6 heteroatoms. The summed E-state index contributed by atoms with van der Waals surface area (Å²) in [6, 6.07) is 11.5. The Kier molecular flexibility index (Phi) is 8.85. The Bertz CT molecular complexity index is 1180. The van der Waals surface area contributed by atoms with Gasteiger partial charge in [0.1, 0.15) is 0 Å². The number of aliphatic hydroxyl groups is 1. The molecule has 0 bridgehead atoms. The van der Waals surface area contributed by atoms with Crippen LogP contribution in [0.25, 0.3) is 22.0 Å². The van der Waals surface area contributed by atoms with Gasteiger partial charge in [0.2, 0.25) is 0 Å². The molecule has 3 heterocycles. The molecule has 0 aliphatic carbocycles. The van der Waals surface area contributed by atoms with Gasteiger partial charge < -0.3 is 24.4 Å². The van der Waals surface area contributed by atoms with Gasteiger partial charge in [0.15, 0.2) is 0 Å². The number of rotatable bonds is 4. The Labute approximate surface area is 215 Å². The molecule has 1 saturated heterocycles. The van der Waals surface area contributed by atoms with Crippen LogP contribution < -0.4 is 4.90 Å². The molecule has 2 aliphatic rings. The molecular weight excluding hydrogens is 452 g/mol. The standard InChI is InChI=1S/C25H30N2O.C4H10O.CH2O2/c1-5-21-18(4)24-25-22(23(21)20-8-6-16(2)7-9-20)12-17(3)27(25)11-10-26(24)13-19-14-28-15-19;1-4(2,3)5;2-1-3/h6-9,12,19H,5,10-11,13-15H2,1-4H3;5H,1-3H3;1H,(H,2,3). The fourth-order valence-electron chi connectivity index (χ4n) is 5.18. The quantitative estimate of drug-likeness (QED) is 0.453. The van der Waals surface area contributed by atoms with Crippen LogP contribution in [-0.2, 0) is 22.5 Å². The van der Waals surface area contributed by atoms with E-state index in [0.29, 0.717) is 5.92 Å². The molecule has 196 valence electrons. The maximum absolute atomic E-state index is 8.52. The van der Waals surface area contributed by atoms with Crippen molar-refractivity contribution in [1.29, 1.82) is 0 Å². The molecule has 36 heavy (non-hydrogen) atoms. The van der Waals surface area contributed by atoms with Gasteiger partial charge in [-0.1, -0.05) is 36.8 Å². The first kappa shape index (κ1) is 27.8. The lowest BCUT2D eigenvalue weighted by Crippen LogP contribution is -2.42. The number of hydrogen-bond acceptors (Lipinski definition) is 4. The van der Waals surface area contributed by atoms with Crippen molar-refractivity contribution in [3.05, 3.63) is 52.7 Å². The van der Waals surface area contributed by atoms with Gasteiger partial charge in [-0.2, -0.15) is 0 Å². The third-order valence-corrected chi connectivity index (χ3v) is 6.70. The van der Waals surface area contributed by atoms with Crippen LogP contribution >= 0.6 is 0 Å². The maximum Gasteiger partial charge on any atom is 0.290 e. The van der Waals surface area contributed by atoms with Crippen molar-refractivity contribution in [2.45, 2.75) is 67.0 Å². The van der Waals surface area contributed by atoms with Crippen molar-refractivity contribution < 1.29 is 19.7 Å². The third-order valence-electron chi connectivity index (χ3n) is 6.70. The van der Waals surface area contributed by atoms with E-state index in [-0.39, 0.29) is 6.47 Å². The minimum atomic E-state index is -0.500. The number of anilines is 1. The summed E-state index contributed by atoms with van der Waals surface area (Å²) in [5.41, 5.74) is 10.8. The van der Waals surface area contributed by atoms with Crippen LogP contribution in [0.15, 0.2) is 30.3 Å². The van der Waals surface area contributed by atoms with Gasteiger partial charge in [-0.3, -0.25) is 4.79 Å². The van der Waals surface area contributed by atoms with Crippen molar-refractivity contribution in [3.63, 3.8) is 0 Å². The van der Waals surface area contributed by atoms with Crippen molar-refractivity contribution in [2.24, 2.45) is 5.92 Å². The highest BCUT2D eigenvalue weighted by molar-refractivity contribution is 6.06. The molecule has 0 amide bonds. The maximum atomic E-state index is 8.52. The van der Waals surface area contributed by atoms with Crippen LogP contribution in [0.3, 0.4) is 0 Å². The SMILES string of the molecule is CC(C)(C)O.CCc1c(C)c2c3c(cc(C)n3CCN2CC2COC2)c1-c1ccc(C)cc1.O=CO. The molecule has 0 atom stereocenters. The van der Waals surface area contributed by atoms with Crippen LogP contribution in [-0.4, -0.2) is 53.2 Å². The molecule has 6 nitrogen and oxygen atoms in total. The first-order valence-electron chi connectivity index (χ1n) is 12.8. The number of carbonyl (C=O) groups is 1. The molecule has 2 aliphatic heterocycles. The highest BCUT2D eigenvalue weighted by Crippen LogP contribution is 2.45. The van der Waals surface area contributed by atoms with E-state index >= 15 is 0 Å². The Morgan fingerprint density at radius 2 is 1.67 bits per heavy atom. The zero-order chi connectivity index (χ0) is 26.6. The fourth-order valence-corrected chi connectivity index (χ4v) is 5.18. The number of aromatic nitrogens is 1. The van der Waals surface area contributed by atoms with E-state index in [4.69, 9.17) is 19.7 Å². The van der Waals surface area contributed by atoms with Crippen molar-refractivity contribution in [2.75, 3.05) is 31.2 Å². The molecule has 2 N–H and O–H groups in total. The second kappa shape index (κ2) is 11.5. The summed E-state index contributed by atoms with van der Waals surface area (Å²) in [6.45, 7) is 19.2. The van der Waals surface area contributed by atoms with Crippen LogP contribution in [0.4, 0.5) is 5.69 Å². The molecule has 0 saturated carbocycles. The van der Waals surface area contributed by atoms with Gasteiger partial charge in [-0.05, 0) is 76.3 Å². The number of nitrogens with zero attached hydrogens (tertiary/aromatic N) is 2. The summed E-state index contributed by atoms with van der Waals surface area (Å²) < 4.78 is 8.00. The largest absolute Gasteiger partial charge is 0.483 e. The van der Waals surface area contributed by atoms with E-state index in [1.54, 1.807) is 20.8 Å². The van der Waals surface area contributed by atoms with Gasteiger partial charge in [0.05, 0.1) is 30.0 Å². The summed E-state index contributed by atoms with van der Waals surface area (Å²) in [7, 11) is 0. The predicted octanol–water partition coefficient (Wildman–Crippen LogP) is 5.74. The zero-order valence-corrected chi connectivity index (χ0v) is 22.9. The number of hydrogen-bond donors (Lipinski definition) is 2. The monoisotopic (exact) mass is 494 g/mol. The molecule has 3 aromatic rings. The minimum Gasteiger partial charge on any atom is -0.483 e. The summed E-state index contributed by atoms with van der Waals surface area (Å²) in [5, 5.41) is 16.8. The topological polar surface area (TPSA) is 74.9 Å². The minimum absolute atomic E-state index is 0.250. The van der Waals surface area contributed by atoms with Crippen molar-refractivity contribution in [3.8, 4) is 11.1 Å². The molecular formula is C30H42N2O4. The highest BCUT2D eigenvalue weighted by Gasteiger charge is 2.30. The third kappa shape index (κ3) is 6.11. The van der Waals surface area contributed by atoms with Crippen LogP contribution in [0.5, 0.6) is 0 Å². The van der Waals surface area contributed by atoms with Gasteiger partial charge in [0, 0.05) is 36.6 Å². The second-order valence-corrected chi connectivity index (χ2v) is 10.9. The average molecular weight is 495 g/mol. The number of aryl methyl sites for hydroxylation is 2. The molecule has 0 unspecified atom stereocenters. The van der Waals surface area contributed by atoms with Gasteiger partial charge >= 0.3 is 0 Å². The summed E-state index contributed by atoms with van der Waals surface area (Å²) in [6.07, 6.45) is 1.06. The Hall–Kier alpha value is -2.83. The predicted molar refractivity (Wildman–Crippen MR) is 148 cm³/mol. The van der Waals surface area contributed by atoms with E-state index < -0.39 is 5.60 Å². The molecule has 1 fully saturated rings. The number of benzene rings is 2. The molecule has 5 rings (SSSR count). The van der Waals surface area contributed by atoms with Crippen molar-refractivity contribution in [1.82, 2.24) is 4.57 Å². The summed E-state index contributed by atoms with van der Waals surface area (Å²) in [4.78, 5) is 11.0. The average Bonchev–Trinajstić information content (AvgIpc) is 3.10. The Morgan fingerprint density at radius 3 is 2.17 bits per heavy atom. The second-order valence-electron chi connectivity index (χ2n) is 10.9. The van der Waals surface area contributed by atoms with E-state index in [9.17, 15) is 0 Å². The van der Waals surface area contributed by atoms with E-state index in [0.717, 1.165) is 39.3 Å². The molecule has 2 aromatic carbocycles. The van der Waals surface area contributed by atoms with E-state index in [1.165, 1.54) is 50.1 Å². The van der Waals surface area contributed by atoms with Gasteiger partial charge in [-0.25, -0.2) is 0 Å². The Morgan fingerprint density at radius 1 is 1.08 bits per heavy atom. The number of carboxylic acid groups (broad SMARTS) is 1. The lowest BCUT2D eigenvalue weighted by Gasteiger charge is -2.38. The molecule has 0 spiro atoms. The first-order valence-corrected chi connectivity index (χ1v) is 12.8. The van der Waals surface area contributed by atoms with Gasteiger partial charge in [0.25, 0.3) is 6.47 Å². The molecule has 0 radical (unpaired) electrons. The first-order chi connectivity index (χ1) is 17.0. The summed E-state index contributed by atoms with van der Waals surface area (Å²) in [5.74, 6) is 0.680. The van der Waals surface area contributed by atoms with Crippen LogP contribution in [0.2, 0.25) is 0 Å². The Balaban J connectivity index is 0.000000398. The van der Waals surface area contributed by atoms with Crippen LogP contribution in [0, 0.1) is 26.7 Å². The lowest BCUT2D eigenvalue weighted by molar-refractivity contribution is -0.122. The zero-order valence-electron chi connectivity index (χ0n) is 22.9. The van der Waals surface area contributed by atoms with Gasteiger partial charge in [-0.15, -0.1) is 0 Å². The normalized spacial score (nSPS) is 14.9. The number of ether oxygens (including phenoxy) is 1. The highest BCUT2D eigenvalue weighted by atomic mass is 16.5. The molecule has 1 aromatic heterocycles. The lowest BCUT2D eigenvalue weighted by atomic mass is 9.88. The smallest absolute Gasteiger partial charge is 0.290 e. The van der Waals surface area contributed by atoms with E-state index in [2.05, 4.69) is 67.5 Å². The fraction of sp³-hybridized carbons (Fsp3) is 0.500. The van der Waals surface area contributed by atoms with Crippen molar-refractivity contribution >= 4 is 23.1 Å². The van der Waals surface area contributed by atoms with E-state index in [1.807, 2.05) is 0 Å².